The van der Waals surface area contributed by atoms with E-state index in [9.17, 15) is 9.59 Å². The summed E-state index contributed by atoms with van der Waals surface area (Å²) in [6, 6.07) is 15.3. The standard InChI is InChI=1S/C30H44N2O8.C2H4I2/c1-6-26(32(21-30(34)36-5)18-25-14-10-12-16-28(25)40-23-38-8-3)19-31(20-29(33)35-4)17-24-13-9-11-15-27(24)39-22-37-7-2;1-2(3)4/h9-16,26H,6-8,17-23H2,1-5H3;2H,1H3. The average Bonchev–Trinajstić information content (AvgIpc) is 3.00. The summed E-state index contributed by atoms with van der Waals surface area (Å²) in [7, 11) is 2.75. The van der Waals surface area contributed by atoms with Gasteiger partial charge in [0.25, 0.3) is 0 Å². The van der Waals surface area contributed by atoms with Gasteiger partial charge in [0.05, 0.1) is 29.2 Å². The van der Waals surface area contributed by atoms with Gasteiger partial charge in [-0.3, -0.25) is 19.4 Å². The Morgan fingerprint density at radius 1 is 0.750 bits per heavy atom. The molecule has 0 aromatic heterocycles. The molecule has 0 N–H and O–H groups in total. The van der Waals surface area contributed by atoms with Gasteiger partial charge in [-0.1, -0.05) is 88.5 Å². The third-order valence-electron chi connectivity index (χ3n) is 6.31. The number of ether oxygens (including phenoxy) is 6. The zero-order valence-electron chi connectivity index (χ0n) is 26.8. The molecule has 12 heteroatoms. The molecule has 10 nitrogen and oxygen atoms in total. The van der Waals surface area contributed by atoms with Crippen molar-refractivity contribution in [3.63, 3.8) is 0 Å². The molecule has 0 spiro atoms. The molecule has 1 unspecified atom stereocenters. The number of para-hydroxylation sites is 2. The van der Waals surface area contributed by atoms with E-state index >= 15 is 0 Å². The molecule has 0 heterocycles. The van der Waals surface area contributed by atoms with E-state index in [4.69, 9.17) is 28.4 Å². The van der Waals surface area contributed by atoms with Crippen molar-refractivity contribution in [3.05, 3.63) is 59.7 Å². The van der Waals surface area contributed by atoms with E-state index in [1.807, 2.05) is 67.3 Å². The maximum atomic E-state index is 12.5. The highest BCUT2D eigenvalue weighted by atomic mass is 127. The second kappa shape index (κ2) is 24.5. The van der Waals surface area contributed by atoms with Crippen LogP contribution in [0.3, 0.4) is 0 Å². The Labute approximate surface area is 290 Å². The van der Waals surface area contributed by atoms with Crippen LogP contribution in [0.4, 0.5) is 0 Å². The van der Waals surface area contributed by atoms with Crippen molar-refractivity contribution in [2.45, 2.75) is 55.2 Å². The number of nitrogens with zero attached hydrogens (tertiary/aromatic N) is 2. The van der Waals surface area contributed by atoms with Crippen LogP contribution < -0.4 is 9.47 Å². The maximum Gasteiger partial charge on any atom is 0.319 e. The van der Waals surface area contributed by atoms with Gasteiger partial charge < -0.3 is 28.4 Å². The minimum atomic E-state index is -0.350. The Balaban J connectivity index is 0.00000227. The van der Waals surface area contributed by atoms with E-state index in [0.29, 0.717) is 44.3 Å². The van der Waals surface area contributed by atoms with E-state index in [0.717, 1.165) is 19.5 Å². The van der Waals surface area contributed by atoms with Crippen LogP contribution in [-0.4, -0.2) is 90.4 Å². The minimum Gasteiger partial charge on any atom is -0.468 e. The lowest BCUT2D eigenvalue weighted by Crippen LogP contribution is -2.46. The van der Waals surface area contributed by atoms with Crippen molar-refractivity contribution in [3.8, 4) is 11.5 Å². The molecular weight excluding hydrogens is 794 g/mol. The van der Waals surface area contributed by atoms with E-state index in [2.05, 4.69) is 63.9 Å². The van der Waals surface area contributed by atoms with Crippen LogP contribution in [0, 0.1) is 0 Å². The number of hydrogen-bond donors (Lipinski definition) is 0. The molecule has 44 heavy (non-hydrogen) atoms. The summed E-state index contributed by atoms with van der Waals surface area (Å²) in [5.74, 6) is 0.676. The number of alkyl halides is 2. The van der Waals surface area contributed by atoms with Crippen molar-refractivity contribution < 1.29 is 38.0 Å². The van der Waals surface area contributed by atoms with Crippen molar-refractivity contribution in [1.29, 1.82) is 0 Å². The first-order valence-corrected chi connectivity index (χ1v) is 17.1. The fraction of sp³-hybridized carbons (Fsp3) is 0.562. The van der Waals surface area contributed by atoms with Crippen LogP contribution >= 0.6 is 45.2 Å². The van der Waals surface area contributed by atoms with Crippen LogP contribution in [0.5, 0.6) is 11.5 Å². The number of halogens is 2. The lowest BCUT2D eigenvalue weighted by atomic mass is 10.1. The second-order valence-corrected chi connectivity index (χ2v) is 15.7. The van der Waals surface area contributed by atoms with Crippen LogP contribution in [-0.2, 0) is 41.6 Å². The quantitative estimate of drug-likeness (QED) is 0.0515. The van der Waals surface area contributed by atoms with E-state index in [1.165, 1.54) is 14.2 Å². The van der Waals surface area contributed by atoms with Crippen LogP contribution in [0.25, 0.3) is 0 Å². The first kappa shape index (κ1) is 40.3. The number of carbonyl (C=O) groups is 2. The van der Waals surface area contributed by atoms with Gasteiger partial charge in [0.1, 0.15) is 11.5 Å². The fourth-order valence-electron chi connectivity index (χ4n) is 4.16. The molecule has 0 bridgehead atoms. The van der Waals surface area contributed by atoms with Gasteiger partial charge in [-0.25, -0.2) is 0 Å². The van der Waals surface area contributed by atoms with Gasteiger partial charge in [0.15, 0.2) is 13.6 Å². The molecule has 0 amide bonds. The number of rotatable bonds is 20. The SMILES string of the molecule is CC(I)I.CCOCOc1ccccc1CN(CC(=O)OC)CC(CC)N(CC(=O)OC)Cc1ccccc1OCOCC. The summed E-state index contributed by atoms with van der Waals surface area (Å²) in [5, 5.41) is 0. The molecule has 0 fully saturated rings. The Kier molecular flexibility index (Phi) is 22.4. The van der Waals surface area contributed by atoms with Gasteiger partial charge in [0, 0.05) is 50.0 Å². The Morgan fingerprint density at radius 3 is 1.66 bits per heavy atom. The highest BCUT2D eigenvalue weighted by molar-refractivity contribution is 14.2. The second-order valence-electron chi connectivity index (χ2n) is 9.53. The first-order valence-electron chi connectivity index (χ1n) is 14.6. The molecule has 2 rings (SSSR count). The number of carbonyl (C=O) groups excluding carboxylic acids is 2. The molecule has 2 aromatic rings. The Hall–Kier alpha value is -1.72. The topological polar surface area (TPSA) is 96.0 Å². The molecule has 0 saturated heterocycles. The molecule has 0 aliphatic heterocycles. The molecule has 0 saturated carbocycles. The van der Waals surface area contributed by atoms with Crippen molar-refractivity contribution in [1.82, 2.24) is 9.80 Å². The number of hydrogen-bond acceptors (Lipinski definition) is 10. The lowest BCUT2D eigenvalue weighted by molar-refractivity contribution is -0.144. The van der Waals surface area contributed by atoms with E-state index < -0.39 is 0 Å². The largest absolute Gasteiger partial charge is 0.468 e. The summed E-state index contributed by atoms with van der Waals surface area (Å²) in [5.41, 5.74) is 1.83. The summed E-state index contributed by atoms with van der Waals surface area (Å²) in [6.07, 6.45) is 0.721. The average molecular weight is 843 g/mol. The predicted octanol–water partition coefficient (Wildman–Crippen LogP) is 6.06. The molecule has 2 aromatic carbocycles. The van der Waals surface area contributed by atoms with Crippen LogP contribution in [0.2, 0.25) is 0 Å². The third-order valence-corrected chi connectivity index (χ3v) is 6.31. The third kappa shape index (κ3) is 17.1. The minimum absolute atomic E-state index is 0.0763. The Morgan fingerprint density at radius 2 is 1.20 bits per heavy atom. The molecule has 0 aliphatic carbocycles. The summed E-state index contributed by atoms with van der Waals surface area (Å²) >= 11 is 4.66. The molecule has 0 radical (unpaired) electrons. The molecule has 0 aliphatic rings. The highest BCUT2D eigenvalue weighted by Crippen LogP contribution is 2.24. The van der Waals surface area contributed by atoms with Crippen molar-refractivity contribution >= 4 is 57.1 Å². The van der Waals surface area contributed by atoms with Gasteiger partial charge in [-0.15, -0.1) is 0 Å². The van der Waals surface area contributed by atoms with Gasteiger partial charge in [0.2, 0.25) is 0 Å². The smallest absolute Gasteiger partial charge is 0.319 e. The van der Waals surface area contributed by atoms with Crippen LogP contribution in [0.15, 0.2) is 48.5 Å². The normalized spacial score (nSPS) is 11.6. The van der Waals surface area contributed by atoms with Crippen molar-refractivity contribution in [2.75, 3.05) is 60.7 Å². The summed E-state index contributed by atoms with van der Waals surface area (Å²) in [4.78, 5) is 28.9. The lowest BCUT2D eigenvalue weighted by Gasteiger charge is -2.34. The number of esters is 2. The zero-order valence-corrected chi connectivity index (χ0v) is 31.1. The van der Waals surface area contributed by atoms with E-state index in [-0.39, 0.29) is 44.7 Å². The number of benzene rings is 2. The highest BCUT2D eigenvalue weighted by Gasteiger charge is 2.26. The molecule has 1 atom stereocenters. The van der Waals surface area contributed by atoms with Gasteiger partial charge in [-0.05, 0) is 39.3 Å². The molecule has 248 valence electrons. The summed E-state index contributed by atoms with van der Waals surface area (Å²) < 4.78 is 33.2. The monoisotopic (exact) mass is 842 g/mol. The first-order chi connectivity index (χ1) is 21.2. The van der Waals surface area contributed by atoms with Gasteiger partial charge >= 0.3 is 11.9 Å². The van der Waals surface area contributed by atoms with Crippen molar-refractivity contribution in [2.24, 2.45) is 0 Å². The molecular formula is C32H48I2N2O8. The van der Waals surface area contributed by atoms with E-state index in [1.54, 1.807) is 0 Å². The Bertz CT molecular complexity index is 1070. The predicted molar refractivity (Wildman–Crippen MR) is 188 cm³/mol. The number of methoxy groups -OCH3 is 2. The summed E-state index contributed by atoms with van der Waals surface area (Å²) in [6.45, 7) is 10.9. The van der Waals surface area contributed by atoms with Crippen LogP contribution in [0.1, 0.15) is 45.2 Å². The van der Waals surface area contributed by atoms with Gasteiger partial charge in [-0.2, -0.15) is 0 Å². The fourth-order valence-corrected chi connectivity index (χ4v) is 4.16. The maximum absolute atomic E-state index is 12.5. The zero-order chi connectivity index (χ0) is 32.7.